The van der Waals surface area contributed by atoms with Gasteiger partial charge in [0.15, 0.2) is 5.82 Å². The number of benzene rings is 1. The first-order chi connectivity index (χ1) is 8.36. The summed E-state index contributed by atoms with van der Waals surface area (Å²) in [5, 5.41) is 21.9. The first-order valence-electron chi connectivity index (χ1n) is 4.80. The number of carboxylic acids is 1. The summed E-state index contributed by atoms with van der Waals surface area (Å²) in [4.78, 5) is 20.5. The molecule has 0 aromatic heterocycles. The molecular formula is C11H9FN2O4. The van der Waals surface area contributed by atoms with Crippen LogP contribution < -0.4 is 5.32 Å². The van der Waals surface area contributed by atoms with Gasteiger partial charge in [-0.3, -0.25) is 10.1 Å². The summed E-state index contributed by atoms with van der Waals surface area (Å²) in [6.45, 7) is 1.56. The summed E-state index contributed by atoms with van der Waals surface area (Å²) in [6, 6.07) is 0.862. The van der Waals surface area contributed by atoms with E-state index >= 15 is 0 Å². The molecule has 94 valence electrons. The van der Waals surface area contributed by atoms with Crippen LogP contribution in [0.4, 0.5) is 15.8 Å². The van der Waals surface area contributed by atoms with Crippen molar-refractivity contribution in [3.05, 3.63) is 33.6 Å². The second-order valence-corrected chi connectivity index (χ2v) is 3.44. The molecule has 0 spiro atoms. The Balaban J connectivity index is 3.32. The van der Waals surface area contributed by atoms with E-state index in [0.29, 0.717) is 6.07 Å². The number of halogens is 1. The van der Waals surface area contributed by atoms with Gasteiger partial charge in [-0.15, -0.1) is 6.42 Å². The number of carbonyl (C=O) groups is 1. The second kappa shape index (κ2) is 5.14. The average molecular weight is 252 g/mol. The fourth-order valence-electron chi connectivity index (χ4n) is 1.27. The predicted octanol–water partition coefficient (Wildman–Crippen LogP) is 1.87. The van der Waals surface area contributed by atoms with Gasteiger partial charge >= 0.3 is 5.97 Å². The van der Waals surface area contributed by atoms with Crippen molar-refractivity contribution in [1.29, 1.82) is 0 Å². The molecule has 6 nitrogen and oxygen atoms in total. The molecule has 0 bridgehead atoms. The number of anilines is 1. The molecule has 0 aliphatic carbocycles. The Hall–Kier alpha value is -2.62. The van der Waals surface area contributed by atoms with Crippen LogP contribution in [0.3, 0.4) is 0 Å². The molecule has 0 aliphatic rings. The average Bonchev–Trinajstić information content (AvgIpc) is 2.30. The van der Waals surface area contributed by atoms with Crippen molar-refractivity contribution in [2.75, 3.05) is 5.32 Å². The molecule has 1 unspecified atom stereocenters. The van der Waals surface area contributed by atoms with Gasteiger partial charge in [0, 0.05) is 0 Å². The van der Waals surface area contributed by atoms with Gasteiger partial charge in [0.25, 0.3) is 5.69 Å². The van der Waals surface area contributed by atoms with E-state index in [1.807, 2.05) is 0 Å². The molecule has 0 saturated heterocycles. The number of aromatic carboxylic acids is 1. The van der Waals surface area contributed by atoms with Gasteiger partial charge in [-0.1, -0.05) is 5.92 Å². The maximum atomic E-state index is 13.5. The second-order valence-electron chi connectivity index (χ2n) is 3.44. The van der Waals surface area contributed by atoms with Crippen LogP contribution in [-0.4, -0.2) is 22.0 Å². The van der Waals surface area contributed by atoms with E-state index in [1.54, 1.807) is 6.92 Å². The third-order valence-corrected chi connectivity index (χ3v) is 2.13. The van der Waals surface area contributed by atoms with Crippen molar-refractivity contribution in [1.82, 2.24) is 0 Å². The van der Waals surface area contributed by atoms with Gasteiger partial charge in [0.1, 0.15) is 5.56 Å². The third-order valence-electron chi connectivity index (χ3n) is 2.13. The number of rotatable bonds is 4. The largest absolute Gasteiger partial charge is 0.477 e. The molecule has 1 aromatic rings. The van der Waals surface area contributed by atoms with E-state index in [1.165, 1.54) is 0 Å². The van der Waals surface area contributed by atoms with Gasteiger partial charge in [-0.05, 0) is 13.0 Å². The Morgan fingerprint density at radius 2 is 2.28 bits per heavy atom. The quantitative estimate of drug-likeness (QED) is 0.484. The van der Waals surface area contributed by atoms with Crippen LogP contribution in [0, 0.1) is 28.3 Å². The third kappa shape index (κ3) is 2.74. The zero-order valence-corrected chi connectivity index (χ0v) is 9.31. The minimum atomic E-state index is -1.52. The molecule has 1 aromatic carbocycles. The van der Waals surface area contributed by atoms with Crippen molar-refractivity contribution in [3.8, 4) is 12.3 Å². The number of nitrogens with one attached hydrogen (secondary N) is 1. The lowest BCUT2D eigenvalue weighted by Gasteiger charge is -2.11. The van der Waals surface area contributed by atoms with E-state index < -0.39 is 34.0 Å². The highest BCUT2D eigenvalue weighted by atomic mass is 19.1. The van der Waals surface area contributed by atoms with E-state index in [2.05, 4.69) is 11.2 Å². The van der Waals surface area contributed by atoms with Crippen LogP contribution in [0.15, 0.2) is 12.1 Å². The molecule has 0 fully saturated rings. The molecule has 0 saturated carbocycles. The number of carboxylic acid groups (broad SMARTS) is 1. The summed E-state index contributed by atoms with van der Waals surface area (Å²) in [5.74, 6) is -0.184. The Morgan fingerprint density at radius 3 is 2.72 bits per heavy atom. The van der Waals surface area contributed by atoms with E-state index in [4.69, 9.17) is 11.5 Å². The summed E-state index contributed by atoms with van der Waals surface area (Å²) in [7, 11) is 0. The molecule has 1 atom stereocenters. The van der Waals surface area contributed by atoms with Crippen LogP contribution in [0.1, 0.15) is 17.3 Å². The molecule has 2 N–H and O–H groups in total. The van der Waals surface area contributed by atoms with Gasteiger partial charge in [0.05, 0.1) is 22.7 Å². The van der Waals surface area contributed by atoms with Crippen LogP contribution in [-0.2, 0) is 0 Å². The summed E-state index contributed by atoms with van der Waals surface area (Å²) < 4.78 is 13.5. The van der Waals surface area contributed by atoms with Crippen molar-refractivity contribution in [3.63, 3.8) is 0 Å². The lowest BCUT2D eigenvalue weighted by Crippen LogP contribution is -2.14. The monoisotopic (exact) mass is 252 g/mol. The lowest BCUT2D eigenvalue weighted by atomic mass is 10.1. The summed E-state index contributed by atoms with van der Waals surface area (Å²) >= 11 is 0. The highest BCUT2D eigenvalue weighted by Crippen LogP contribution is 2.26. The minimum Gasteiger partial charge on any atom is -0.477 e. The van der Waals surface area contributed by atoms with E-state index in [9.17, 15) is 19.3 Å². The standard InChI is InChI=1S/C11H9FN2O4/c1-3-6(2)13-9-4-7(11(15)16)10(14(17)18)5-8(9)12/h1,4-6,13H,2H3,(H,15,16). The Bertz CT molecular complexity index is 551. The number of nitro groups is 1. The number of hydrogen-bond donors (Lipinski definition) is 2. The smallest absolute Gasteiger partial charge is 0.342 e. The van der Waals surface area contributed by atoms with Gasteiger partial charge in [-0.25, -0.2) is 9.18 Å². The number of nitrogens with zero attached hydrogens (tertiary/aromatic N) is 1. The topological polar surface area (TPSA) is 92.5 Å². The molecule has 18 heavy (non-hydrogen) atoms. The van der Waals surface area contributed by atoms with Gasteiger partial charge in [-0.2, -0.15) is 0 Å². The molecule has 7 heteroatoms. The lowest BCUT2D eigenvalue weighted by molar-refractivity contribution is -0.385. The van der Waals surface area contributed by atoms with Crippen molar-refractivity contribution in [2.45, 2.75) is 13.0 Å². The summed E-state index contributed by atoms with van der Waals surface area (Å²) in [6.07, 6.45) is 5.09. The molecule has 0 aliphatic heterocycles. The zero-order chi connectivity index (χ0) is 13.9. The number of hydrogen-bond acceptors (Lipinski definition) is 4. The SMILES string of the molecule is C#CC(C)Nc1cc(C(=O)O)c([N+](=O)[O-])cc1F. The van der Waals surface area contributed by atoms with Gasteiger partial charge in [0.2, 0.25) is 0 Å². The van der Waals surface area contributed by atoms with Crippen molar-refractivity contribution < 1.29 is 19.2 Å². The van der Waals surface area contributed by atoms with E-state index in [0.717, 1.165) is 6.07 Å². The highest BCUT2D eigenvalue weighted by Gasteiger charge is 2.23. The van der Waals surface area contributed by atoms with Crippen LogP contribution in [0.5, 0.6) is 0 Å². The molecule has 1 rings (SSSR count). The maximum absolute atomic E-state index is 13.5. The number of terminal acetylenes is 1. The van der Waals surface area contributed by atoms with Crippen molar-refractivity contribution >= 4 is 17.3 Å². The van der Waals surface area contributed by atoms with Crippen LogP contribution in [0.25, 0.3) is 0 Å². The molecule has 0 heterocycles. The summed E-state index contributed by atoms with van der Waals surface area (Å²) in [5.41, 5.74) is -1.60. The fraction of sp³-hybridized carbons (Fsp3) is 0.182. The Labute approximate surface area is 102 Å². The normalized spacial score (nSPS) is 11.4. The molecule has 0 amide bonds. The van der Waals surface area contributed by atoms with Crippen molar-refractivity contribution in [2.24, 2.45) is 0 Å². The zero-order valence-electron chi connectivity index (χ0n) is 9.31. The Morgan fingerprint density at radius 1 is 1.67 bits per heavy atom. The minimum absolute atomic E-state index is 0.191. The number of nitro benzene ring substituents is 1. The van der Waals surface area contributed by atoms with Crippen LogP contribution in [0.2, 0.25) is 0 Å². The maximum Gasteiger partial charge on any atom is 0.342 e. The molecular weight excluding hydrogens is 243 g/mol. The highest BCUT2D eigenvalue weighted by molar-refractivity contribution is 5.93. The fourth-order valence-corrected chi connectivity index (χ4v) is 1.27. The molecule has 0 radical (unpaired) electrons. The Kier molecular flexibility index (Phi) is 3.84. The predicted molar refractivity (Wildman–Crippen MR) is 61.9 cm³/mol. The first kappa shape index (κ1) is 13.4. The van der Waals surface area contributed by atoms with E-state index in [-0.39, 0.29) is 5.69 Å². The van der Waals surface area contributed by atoms with Gasteiger partial charge < -0.3 is 10.4 Å². The first-order valence-corrected chi connectivity index (χ1v) is 4.80. The van der Waals surface area contributed by atoms with Crippen LogP contribution >= 0.6 is 0 Å².